The minimum Gasteiger partial charge on any atom is -0.313 e. The normalized spacial score (nSPS) is 15.5. The molecule has 0 fully saturated rings. The molecule has 1 unspecified atom stereocenters. The van der Waals surface area contributed by atoms with Crippen LogP contribution in [0.4, 0.5) is 11.4 Å². The highest BCUT2D eigenvalue weighted by Crippen LogP contribution is 2.54. The van der Waals surface area contributed by atoms with E-state index in [2.05, 4.69) is 213 Å². The van der Waals surface area contributed by atoms with Crippen molar-refractivity contribution in [1.82, 2.24) is 4.98 Å². The second-order valence-electron chi connectivity index (χ2n) is 17.1. The van der Waals surface area contributed by atoms with Gasteiger partial charge in [0.25, 0.3) is 0 Å². The van der Waals surface area contributed by atoms with E-state index in [0.717, 1.165) is 22.5 Å². The number of para-hydroxylation sites is 1. The van der Waals surface area contributed by atoms with Crippen molar-refractivity contribution in [2.24, 2.45) is 0 Å². The van der Waals surface area contributed by atoms with E-state index in [4.69, 9.17) is 4.98 Å². The van der Waals surface area contributed by atoms with Crippen LogP contribution in [0.5, 0.6) is 0 Å². The quantitative estimate of drug-likeness (QED) is 0.161. The molecule has 8 aromatic carbocycles. The molecule has 0 N–H and O–H groups in total. The lowest BCUT2D eigenvalue weighted by Crippen LogP contribution is -2.16. The largest absolute Gasteiger partial charge is 0.313 e. The second kappa shape index (κ2) is 15.1. The first-order valence-corrected chi connectivity index (χ1v) is 22.4. The Morgan fingerprint density at radius 3 is 2.11 bits per heavy atom. The van der Waals surface area contributed by atoms with Gasteiger partial charge in [-0.05, 0) is 122 Å². The molecule has 2 heterocycles. The molecule has 1 aromatic heterocycles. The Hall–Kier alpha value is -7.07. The summed E-state index contributed by atoms with van der Waals surface area (Å²) in [5.41, 5.74) is 20.4. The third-order valence-electron chi connectivity index (χ3n) is 13.0. The molecule has 0 bridgehead atoms. The molecule has 3 heteroatoms. The third kappa shape index (κ3) is 6.27. The number of fused-ring (bicyclic) bond motifs is 8. The maximum Gasteiger partial charge on any atom is 0.124 e. The summed E-state index contributed by atoms with van der Waals surface area (Å²) in [6.07, 6.45) is 7.57. The summed E-state index contributed by atoms with van der Waals surface area (Å²) in [5.74, 6) is 0.284. The van der Waals surface area contributed by atoms with Crippen LogP contribution in [0.1, 0.15) is 55.4 Å². The number of hydrogen-bond donors (Lipinski definition) is 0. The number of anilines is 2. The Morgan fingerprint density at radius 1 is 0.629 bits per heavy atom. The Kier molecular flexibility index (Phi) is 9.25. The van der Waals surface area contributed by atoms with E-state index >= 15 is 0 Å². The average molecular weight is 815 g/mol. The third-order valence-corrected chi connectivity index (χ3v) is 14.1. The number of allylic oxidation sites excluding steroid dienone is 5. The molecule has 0 amide bonds. The Morgan fingerprint density at radius 2 is 1.29 bits per heavy atom. The zero-order chi connectivity index (χ0) is 42.0. The molecule has 62 heavy (non-hydrogen) atoms. The highest BCUT2D eigenvalue weighted by molar-refractivity contribution is 7.21. The lowest BCUT2D eigenvalue weighted by molar-refractivity contribution is 0.662. The standard InChI is InChI=1S/C56H40N2S.C3H6/c1-56(2)49-15-6-5-12-45(49)48-14-9-13-44(54(48)56)38-22-18-36(19-23-38)41-27-30-46-47-31-28-42(37-20-24-39(25-21-37)55-57-50-16-7-8-17-53(50)59-55)34-52(47)58(51(46)33-41)43-29-26-35-10-3-4-11-40(35)32-43;1-3-2/h3-30,32-34,47H,31H2,1-2H3;3H,1H2,2H3. The van der Waals surface area contributed by atoms with Gasteiger partial charge in [-0.3, -0.25) is 0 Å². The number of aromatic nitrogens is 1. The SMILES string of the molecule is C=CC.CC1(C)c2ccccc2-c2cccc(-c3ccc(-c4ccc5c(c4)N(c4ccc6ccccc6c4)C4=CC(c6ccc(-c7nc8ccccc8s7)cc6)=CCC45)cc3)c21. The van der Waals surface area contributed by atoms with Gasteiger partial charge in [0.2, 0.25) is 0 Å². The van der Waals surface area contributed by atoms with Crippen molar-refractivity contribution in [1.29, 1.82) is 0 Å². The maximum absolute atomic E-state index is 4.91. The zero-order valence-electron chi connectivity index (χ0n) is 35.3. The highest BCUT2D eigenvalue weighted by Gasteiger charge is 2.38. The van der Waals surface area contributed by atoms with Gasteiger partial charge in [0.05, 0.1) is 15.9 Å². The minimum absolute atomic E-state index is 0.0613. The van der Waals surface area contributed by atoms with Crippen LogP contribution < -0.4 is 4.90 Å². The fourth-order valence-corrected chi connectivity index (χ4v) is 11.0. The van der Waals surface area contributed by atoms with Crippen LogP contribution in [0.25, 0.3) is 70.5 Å². The molecule has 298 valence electrons. The van der Waals surface area contributed by atoms with E-state index in [1.807, 2.05) is 6.92 Å². The molecule has 2 aliphatic carbocycles. The summed E-state index contributed by atoms with van der Waals surface area (Å²) >= 11 is 1.75. The molecule has 3 aliphatic rings. The smallest absolute Gasteiger partial charge is 0.124 e. The van der Waals surface area contributed by atoms with Crippen LogP contribution in [-0.4, -0.2) is 4.98 Å². The predicted octanol–water partition coefficient (Wildman–Crippen LogP) is 16.6. The molecule has 0 saturated carbocycles. The van der Waals surface area contributed by atoms with Gasteiger partial charge in [-0.25, -0.2) is 4.98 Å². The van der Waals surface area contributed by atoms with Crippen LogP contribution in [0.2, 0.25) is 0 Å². The van der Waals surface area contributed by atoms with Gasteiger partial charge < -0.3 is 4.90 Å². The van der Waals surface area contributed by atoms with E-state index in [0.29, 0.717) is 0 Å². The first-order chi connectivity index (χ1) is 30.4. The number of thiazole rings is 1. The van der Waals surface area contributed by atoms with Crippen LogP contribution in [0.15, 0.2) is 206 Å². The van der Waals surface area contributed by atoms with Crippen molar-refractivity contribution in [3.8, 4) is 44.0 Å². The summed E-state index contributed by atoms with van der Waals surface area (Å²) in [7, 11) is 0. The summed E-state index contributed by atoms with van der Waals surface area (Å²) in [4.78, 5) is 7.44. The monoisotopic (exact) mass is 814 g/mol. The fraction of sp³-hybridized carbons (Fsp3) is 0.102. The number of nitrogens with zero attached hydrogens (tertiary/aromatic N) is 2. The van der Waals surface area contributed by atoms with E-state index < -0.39 is 0 Å². The molecule has 12 rings (SSSR count). The van der Waals surface area contributed by atoms with Crippen molar-refractivity contribution in [2.45, 2.75) is 38.5 Å². The Labute approximate surface area is 368 Å². The van der Waals surface area contributed by atoms with Crippen LogP contribution in [-0.2, 0) is 5.41 Å². The number of hydrogen-bond acceptors (Lipinski definition) is 3. The number of rotatable bonds is 5. The fourth-order valence-electron chi connectivity index (χ4n) is 10.1. The van der Waals surface area contributed by atoms with Crippen molar-refractivity contribution in [3.05, 3.63) is 229 Å². The molecular formula is C59H46N2S. The first kappa shape index (κ1) is 37.9. The first-order valence-electron chi connectivity index (χ1n) is 21.6. The van der Waals surface area contributed by atoms with Gasteiger partial charge in [-0.2, -0.15) is 0 Å². The maximum atomic E-state index is 4.91. The van der Waals surface area contributed by atoms with Crippen LogP contribution in [0.3, 0.4) is 0 Å². The zero-order valence-corrected chi connectivity index (χ0v) is 36.1. The summed E-state index contributed by atoms with van der Waals surface area (Å²) in [6.45, 7) is 9.99. The van der Waals surface area contributed by atoms with Gasteiger partial charge >= 0.3 is 0 Å². The predicted molar refractivity (Wildman–Crippen MR) is 265 cm³/mol. The molecule has 0 radical (unpaired) electrons. The van der Waals surface area contributed by atoms with Crippen LogP contribution >= 0.6 is 11.3 Å². The summed E-state index contributed by atoms with van der Waals surface area (Å²) in [5, 5.41) is 3.56. The molecule has 9 aromatic rings. The van der Waals surface area contributed by atoms with Crippen molar-refractivity contribution in [3.63, 3.8) is 0 Å². The lowest BCUT2D eigenvalue weighted by Gasteiger charge is -2.27. The van der Waals surface area contributed by atoms with E-state index in [9.17, 15) is 0 Å². The topological polar surface area (TPSA) is 16.1 Å². The molecular weight excluding hydrogens is 769 g/mol. The van der Waals surface area contributed by atoms with E-state index in [1.165, 1.54) is 93.8 Å². The van der Waals surface area contributed by atoms with Gasteiger partial charge in [-0.15, -0.1) is 17.9 Å². The summed E-state index contributed by atoms with van der Waals surface area (Å²) in [6, 6.07) is 65.0. The molecule has 1 atom stereocenters. The molecule has 2 nitrogen and oxygen atoms in total. The molecule has 0 saturated heterocycles. The number of benzene rings is 8. The Balaban J connectivity index is 0.00000140. The van der Waals surface area contributed by atoms with Crippen molar-refractivity contribution < 1.29 is 0 Å². The van der Waals surface area contributed by atoms with Crippen LogP contribution in [0, 0.1) is 0 Å². The van der Waals surface area contributed by atoms with E-state index in [1.54, 1.807) is 17.4 Å². The highest BCUT2D eigenvalue weighted by atomic mass is 32.1. The van der Waals surface area contributed by atoms with Gasteiger partial charge in [-0.1, -0.05) is 172 Å². The van der Waals surface area contributed by atoms with Crippen molar-refractivity contribution in [2.75, 3.05) is 4.90 Å². The molecule has 1 aliphatic heterocycles. The van der Waals surface area contributed by atoms with Gasteiger partial charge in [0, 0.05) is 28.3 Å². The Bertz CT molecular complexity index is 3240. The minimum atomic E-state index is -0.0613. The summed E-state index contributed by atoms with van der Waals surface area (Å²) < 4.78 is 1.22. The van der Waals surface area contributed by atoms with Gasteiger partial charge in [0.15, 0.2) is 0 Å². The average Bonchev–Trinajstić information content (AvgIpc) is 3.97. The van der Waals surface area contributed by atoms with Crippen molar-refractivity contribution >= 4 is 49.3 Å². The lowest BCUT2D eigenvalue weighted by atomic mass is 9.79. The second-order valence-corrected chi connectivity index (χ2v) is 18.1. The molecule has 0 spiro atoms. The van der Waals surface area contributed by atoms with Gasteiger partial charge in [0.1, 0.15) is 5.01 Å². The van der Waals surface area contributed by atoms with E-state index in [-0.39, 0.29) is 11.3 Å².